The van der Waals surface area contributed by atoms with Gasteiger partial charge in [0.25, 0.3) is 0 Å². The van der Waals surface area contributed by atoms with Gasteiger partial charge < -0.3 is 5.21 Å². The van der Waals surface area contributed by atoms with E-state index < -0.39 is 0 Å². The highest BCUT2D eigenvalue weighted by Crippen LogP contribution is 2.35. The molecule has 12 heavy (non-hydrogen) atoms. The molecule has 0 radical (unpaired) electrons. The normalized spacial score (nSPS) is 18.3. The van der Waals surface area contributed by atoms with Crippen LogP contribution in [0.1, 0.15) is 36.6 Å². The molecular weight excluding hydrogens is 154 g/mol. The van der Waals surface area contributed by atoms with Crippen LogP contribution in [0.25, 0.3) is 0 Å². The summed E-state index contributed by atoms with van der Waals surface area (Å²) in [5.74, 6) is 0.651. The van der Waals surface area contributed by atoms with Gasteiger partial charge >= 0.3 is 0 Å². The second-order valence-corrected chi connectivity index (χ2v) is 3.12. The molecule has 64 valence electrons. The number of oxime groups is 1. The maximum absolute atomic E-state index is 8.25. The Labute approximate surface area is 70.3 Å². The van der Waals surface area contributed by atoms with Gasteiger partial charge in [-0.05, 0) is 18.9 Å². The van der Waals surface area contributed by atoms with Crippen LogP contribution in [0.3, 0.4) is 0 Å². The third-order valence-electron chi connectivity index (χ3n) is 2.35. The van der Waals surface area contributed by atoms with Crippen LogP contribution in [0, 0.1) is 0 Å². The van der Waals surface area contributed by atoms with Gasteiger partial charge in [-0.3, -0.25) is 5.10 Å². The van der Waals surface area contributed by atoms with Crippen molar-refractivity contribution in [1.29, 1.82) is 0 Å². The van der Waals surface area contributed by atoms with Crippen LogP contribution in [0.4, 0.5) is 0 Å². The van der Waals surface area contributed by atoms with E-state index in [-0.39, 0.29) is 0 Å². The maximum Gasteiger partial charge on any atom is 0.107 e. The fourth-order valence-corrected chi connectivity index (χ4v) is 1.41. The smallest absolute Gasteiger partial charge is 0.107 e. The number of aromatic nitrogens is 2. The molecule has 0 atom stereocenters. The molecule has 0 unspecified atom stereocenters. The third kappa shape index (κ3) is 1.20. The number of aromatic amines is 1. The van der Waals surface area contributed by atoms with Crippen molar-refractivity contribution in [1.82, 2.24) is 10.2 Å². The van der Waals surface area contributed by atoms with Gasteiger partial charge in [0, 0.05) is 11.6 Å². The lowest BCUT2D eigenvalue weighted by Gasteiger charge is -2.23. The van der Waals surface area contributed by atoms with Gasteiger partial charge in [-0.15, -0.1) is 0 Å². The van der Waals surface area contributed by atoms with Crippen molar-refractivity contribution in [2.45, 2.75) is 25.2 Å². The van der Waals surface area contributed by atoms with Crippen molar-refractivity contribution in [3.05, 3.63) is 17.5 Å². The molecule has 1 aliphatic carbocycles. The quantitative estimate of drug-likeness (QED) is 0.396. The predicted molar refractivity (Wildman–Crippen MR) is 44.6 cm³/mol. The Kier molecular flexibility index (Phi) is 1.81. The van der Waals surface area contributed by atoms with Crippen LogP contribution in [-0.4, -0.2) is 21.6 Å². The zero-order chi connectivity index (χ0) is 8.39. The molecule has 1 aromatic heterocycles. The van der Waals surface area contributed by atoms with Gasteiger partial charge in [0.1, 0.15) is 5.69 Å². The van der Waals surface area contributed by atoms with Gasteiger partial charge in [0.15, 0.2) is 0 Å². The molecule has 0 bridgehead atoms. The highest BCUT2D eigenvalue weighted by molar-refractivity contribution is 5.76. The lowest BCUT2D eigenvalue weighted by Crippen LogP contribution is -2.08. The number of hydrogen-bond donors (Lipinski definition) is 2. The highest BCUT2D eigenvalue weighted by atomic mass is 16.4. The molecule has 0 aliphatic heterocycles. The average molecular weight is 165 g/mol. The average Bonchev–Trinajstić information content (AvgIpc) is 2.34. The monoisotopic (exact) mass is 165 g/mol. The molecule has 0 spiro atoms. The predicted octanol–water partition coefficient (Wildman–Crippen LogP) is 1.49. The van der Waals surface area contributed by atoms with E-state index in [0.29, 0.717) is 11.6 Å². The summed E-state index contributed by atoms with van der Waals surface area (Å²) in [6.45, 7) is 0. The van der Waals surface area contributed by atoms with E-state index in [9.17, 15) is 0 Å². The van der Waals surface area contributed by atoms with Crippen molar-refractivity contribution in [2.75, 3.05) is 0 Å². The molecule has 0 amide bonds. The number of rotatable bonds is 2. The second kappa shape index (κ2) is 2.97. The number of hydrogen-bond acceptors (Lipinski definition) is 3. The number of nitrogens with one attached hydrogen (secondary N) is 1. The van der Waals surface area contributed by atoms with Crippen LogP contribution in [-0.2, 0) is 0 Å². The fraction of sp³-hybridized carbons (Fsp3) is 0.500. The van der Waals surface area contributed by atoms with Crippen LogP contribution in [0.2, 0.25) is 0 Å². The molecule has 2 rings (SSSR count). The number of nitrogens with zero attached hydrogens (tertiary/aromatic N) is 2. The largest absolute Gasteiger partial charge is 0.411 e. The van der Waals surface area contributed by atoms with E-state index in [0.717, 1.165) is 5.69 Å². The van der Waals surface area contributed by atoms with Crippen LogP contribution in [0.15, 0.2) is 11.2 Å². The molecule has 0 saturated heterocycles. The summed E-state index contributed by atoms with van der Waals surface area (Å²) < 4.78 is 0. The van der Waals surface area contributed by atoms with Gasteiger partial charge in [-0.25, -0.2) is 0 Å². The summed E-state index contributed by atoms with van der Waals surface area (Å²) in [6.07, 6.45) is 5.14. The Hall–Kier alpha value is -1.32. The van der Waals surface area contributed by atoms with Crippen LogP contribution >= 0.6 is 0 Å². The van der Waals surface area contributed by atoms with Gasteiger partial charge in [0.2, 0.25) is 0 Å². The molecule has 1 aliphatic rings. The molecule has 4 heteroatoms. The minimum atomic E-state index is 0.651. The lowest BCUT2D eigenvalue weighted by atomic mass is 9.83. The molecule has 4 nitrogen and oxygen atoms in total. The zero-order valence-electron chi connectivity index (χ0n) is 6.70. The summed E-state index contributed by atoms with van der Waals surface area (Å²) in [7, 11) is 0. The number of H-pyrrole nitrogens is 1. The minimum Gasteiger partial charge on any atom is -0.411 e. The molecule has 1 fully saturated rings. The maximum atomic E-state index is 8.25. The summed E-state index contributed by atoms with van der Waals surface area (Å²) in [5, 5.41) is 18.1. The van der Waals surface area contributed by atoms with Crippen molar-refractivity contribution in [2.24, 2.45) is 5.16 Å². The minimum absolute atomic E-state index is 0.651. The SMILES string of the molecule is O/N=C/c1cc(C2CCC2)[nH]n1. The van der Waals surface area contributed by atoms with E-state index in [1.165, 1.54) is 25.5 Å². The van der Waals surface area contributed by atoms with Gasteiger partial charge in [0.05, 0.1) is 6.21 Å². The second-order valence-electron chi connectivity index (χ2n) is 3.12. The Bertz CT molecular complexity index is 288. The van der Waals surface area contributed by atoms with Crippen LogP contribution < -0.4 is 0 Å². The molecule has 1 heterocycles. The summed E-state index contributed by atoms with van der Waals surface area (Å²) >= 11 is 0. The summed E-state index contributed by atoms with van der Waals surface area (Å²) in [5.41, 5.74) is 1.86. The molecular formula is C8H11N3O. The zero-order valence-corrected chi connectivity index (χ0v) is 6.70. The Balaban J connectivity index is 2.12. The van der Waals surface area contributed by atoms with Gasteiger partial charge in [-0.1, -0.05) is 11.6 Å². The fourth-order valence-electron chi connectivity index (χ4n) is 1.41. The first-order valence-electron chi connectivity index (χ1n) is 4.13. The van der Waals surface area contributed by atoms with E-state index >= 15 is 0 Å². The Morgan fingerprint density at radius 1 is 1.67 bits per heavy atom. The Morgan fingerprint density at radius 2 is 2.50 bits per heavy atom. The van der Waals surface area contributed by atoms with Crippen molar-refractivity contribution < 1.29 is 5.21 Å². The van der Waals surface area contributed by atoms with E-state index in [1.54, 1.807) is 0 Å². The van der Waals surface area contributed by atoms with Crippen molar-refractivity contribution in [3.8, 4) is 0 Å². The molecule has 1 aromatic rings. The lowest BCUT2D eigenvalue weighted by molar-refractivity contribution is 0.321. The van der Waals surface area contributed by atoms with Crippen LogP contribution in [0.5, 0.6) is 0 Å². The standard InChI is InChI=1S/C8H11N3O/c12-9-5-7-4-8(11-10-7)6-2-1-3-6/h4-6,12H,1-3H2,(H,10,11)/b9-5+. The topological polar surface area (TPSA) is 61.3 Å². The Morgan fingerprint density at radius 3 is 3.08 bits per heavy atom. The van der Waals surface area contributed by atoms with Crippen molar-refractivity contribution >= 4 is 6.21 Å². The summed E-state index contributed by atoms with van der Waals surface area (Å²) in [6, 6.07) is 1.93. The highest BCUT2D eigenvalue weighted by Gasteiger charge is 2.20. The first-order chi connectivity index (χ1) is 5.90. The van der Waals surface area contributed by atoms with E-state index in [2.05, 4.69) is 15.4 Å². The van der Waals surface area contributed by atoms with E-state index in [4.69, 9.17) is 5.21 Å². The first kappa shape index (κ1) is 7.34. The molecule has 1 saturated carbocycles. The molecule has 0 aromatic carbocycles. The first-order valence-corrected chi connectivity index (χ1v) is 4.13. The van der Waals surface area contributed by atoms with Gasteiger partial charge in [-0.2, -0.15) is 5.10 Å². The third-order valence-corrected chi connectivity index (χ3v) is 2.35. The van der Waals surface area contributed by atoms with E-state index in [1.807, 2.05) is 6.07 Å². The van der Waals surface area contributed by atoms with Crippen molar-refractivity contribution in [3.63, 3.8) is 0 Å². The summed E-state index contributed by atoms with van der Waals surface area (Å²) in [4.78, 5) is 0. The molecule has 2 N–H and O–H groups in total.